The first kappa shape index (κ1) is 19.1. The minimum absolute atomic E-state index is 0.210. The molecule has 0 N–H and O–H groups in total. The summed E-state index contributed by atoms with van der Waals surface area (Å²) in [6.07, 6.45) is 2.52. The van der Waals surface area contributed by atoms with Gasteiger partial charge in [0.1, 0.15) is 11.3 Å². The fourth-order valence-corrected chi connectivity index (χ4v) is 5.30. The van der Waals surface area contributed by atoms with Crippen molar-refractivity contribution in [3.8, 4) is 5.75 Å². The van der Waals surface area contributed by atoms with Gasteiger partial charge in [-0.15, -0.1) is 0 Å². The third-order valence-electron chi connectivity index (χ3n) is 4.61. The van der Waals surface area contributed by atoms with Gasteiger partial charge in [-0.1, -0.05) is 17.4 Å². The van der Waals surface area contributed by atoms with Crippen LogP contribution >= 0.6 is 11.3 Å². The van der Waals surface area contributed by atoms with E-state index in [0.717, 1.165) is 16.0 Å². The lowest BCUT2D eigenvalue weighted by molar-refractivity contribution is -0.122. The quantitative estimate of drug-likeness (QED) is 0.788. The van der Waals surface area contributed by atoms with Crippen molar-refractivity contribution in [2.75, 3.05) is 26.5 Å². The van der Waals surface area contributed by atoms with Gasteiger partial charge < -0.3 is 9.30 Å². The van der Waals surface area contributed by atoms with Gasteiger partial charge in [-0.25, -0.2) is 12.7 Å². The molecule has 1 aliphatic heterocycles. The predicted molar refractivity (Wildman–Crippen MR) is 102 cm³/mol. The number of hydrogen-bond acceptors (Lipinski definition) is 5. The number of ether oxygens (including phenoxy) is 1. The second-order valence-corrected chi connectivity index (χ2v) is 9.34. The lowest BCUT2D eigenvalue weighted by atomic mass is 9.99. The van der Waals surface area contributed by atoms with E-state index in [-0.39, 0.29) is 12.5 Å². The van der Waals surface area contributed by atoms with Crippen molar-refractivity contribution in [1.29, 1.82) is 0 Å². The van der Waals surface area contributed by atoms with Crippen LogP contribution in [0.15, 0.2) is 23.2 Å². The molecule has 0 aliphatic carbocycles. The van der Waals surface area contributed by atoms with Crippen molar-refractivity contribution in [2.45, 2.75) is 26.3 Å². The highest BCUT2D eigenvalue weighted by Crippen LogP contribution is 2.27. The highest BCUT2D eigenvalue weighted by molar-refractivity contribution is 7.88. The molecule has 1 fully saturated rings. The lowest BCUT2D eigenvalue weighted by Gasteiger charge is -2.28. The topological polar surface area (TPSA) is 81.0 Å². The Balaban J connectivity index is 1.98. The zero-order valence-corrected chi connectivity index (χ0v) is 16.8. The molecular formula is C17H23N3O4S2. The van der Waals surface area contributed by atoms with Crippen molar-refractivity contribution in [3.05, 3.63) is 23.0 Å². The maximum atomic E-state index is 12.7. The number of aromatic nitrogens is 1. The van der Waals surface area contributed by atoms with Crippen LogP contribution in [0.2, 0.25) is 0 Å². The Labute approximate surface area is 157 Å². The largest absolute Gasteiger partial charge is 0.495 e. The minimum Gasteiger partial charge on any atom is -0.495 e. The number of para-hydroxylation sites is 1. The van der Waals surface area contributed by atoms with E-state index in [4.69, 9.17) is 4.74 Å². The van der Waals surface area contributed by atoms with Crippen LogP contribution in [0.3, 0.4) is 0 Å². The first-order valence-electron chi connectivity index (χ1n) is 8.55. The summed E-state index contributed by atoms with van der Waals surface area (Å²) in [6, 6.07) is 5.77. The van der Waals surface area contributed by atoms with E-state index in [1.807, 2.05) is 29.7 Å². The number of fused-ring (bicyclic) bond motifs is 1. The molecule has 1 aliphatic rings. The Morgan fingerprint density at radius 1 is 1.42 bits per heavy atom. The summed E-state index contributed by atoms with van der Waals surface area (Å²) in [4.78, 5) is 17.7. The molecule has 7 nitrogen and oxygen atoms in total. The number of rotatable bonds is 4. The summed E-state index contributed by atoms with van der Waals surface area (Å²) in [5.41, 5.74) is 0.926. The highest BCUT2D eigenvalue weighted by Gasteiger charge is 2.30. The van der Waals surface area contributed by atoms with Crippen LogP contribution in [0.1, 0.15) is 19.8 Å². The van der Waals surface area contributed by atoms with E-state index in [0.29, 0.717) is 30.7 Å². The van der Waals surface area contributed by atoms with Crippen LogP contribution in [0.25, 0.3) is 10.2 Å². The Morgan fingerprint density at radius 2 is 2.19 bits per heavy atom. The van der Waals surface area contributed by atoms with Crippen molar-refractivity contribution in [1.82, 2.24) is 8.87 Å². The summed E-state index contributed by atoms with van der Waals surface area (Å²) >= 11 is 1.44. The second kappa shape index (κ2) is 7.50. The molecule has 0 spiro atoms. The van der Waals surface area contributed by atoms with Gasteiger partial charge >= 0.3 is 0 Å². The third kappa shape index (κ3) is 3.70. The van der Waals surface area contributed by atoms with E-state index in [1.165, 1.54) is 21.9 Å². The van der Waals surface area contributed by atoms with Crippen molar-refractivity contribution in [2.24, 2.45) is 10.9 Å². The van der Waals surface area contributed by atoms with E-state index in [2.05, 4.69) is 4.99 Å². The van der Waals surface area contributed by atoms with Gasteiger partial charge in [0.05, 0.1) is 24.0 Å². The van der Waals surface area contributed by atoms with Crippen LogP contribution in [-0.4, -0.2) is 49.7 Å². The summed E-state index contributed by atoms with van der Waals surface area (Å²) in [6.45, 7) is 3.33. The molecule has 0 bridgehead atoms. The maximum absolute atomic E-state index is 12.7. The Kier molecular flexibility index (Phi) is 5.50. The molecule has 1 amide bonds. The minimum atomic E-state index is -3.29. The second-order valence-electron chi connectivity index (χ2n) is 6.35. The molecular weight excluding hydrogens is 374 g/mol. The summed E-state index contributed by atoms with van der Waals surface area (Å²) in [5.74, 6) is 0.0948. The first-order valence-corrected chi connectivity index (χ1v) is 11.2. The van der Waals surface area contributed by atoms with Gasteiger partial charge in [-0.05, 0) is 31.9 Å². The van der Waals surface area contributed by atoms with Crippen LogP contribution in [0, 0.1) is 5.92 Å². The van der Waals surface area contributed by atoms with E-state index >= 15 is 0 Å². The number of sulfonamides is 1. The molecule has 26 heavy (non-hydrogen) atoms. The number of nitrogens with zero attached hydrogens (tertiary/aromatic N) is 3. The number of hydrogen-bond donors (Lipinski definition) is 0. The van der Waals surface area contributed by atoms with Crippen molar-refractivity contribution in [3.63, 3.8) is 0 Å². The average Bonchev–Trinajstić information content (AvgIpc) is 2.98. The molecule has 1 aromatic carbocycles. The molecule has 1 aromatic heterocycles. The summed E-state index contributed by atoms with van der Waals surface area (Å²) < 4.78 is 33.3. The van der Waals surface area contributed by atoms with Gasteiger partial charge in [0, 0.05) is 19.6 Å². The molecule has 1 atom stereocenters. The summed E-state index contributed by atoms with van der Waals surface area (Å²) in [5, 5.41) is 0. The summed E-state index contributed by atoms with van der Waals surface area (Å²) in [7, 11) is -1.67. The number of carbonyl (C=O) groups excluding carboxylic acids is 1. The van der Waals surface area contributed by atoms with Crippen LogP contribution in [0.5, 0.6) is 5.75 Å². The van der Waals surface area contributed by atoms with Gasteiger partial charge in [0.2, 0.25) is 10.0 Å². The number of methoxy groups -OCH3 is 1. The Hall–Kier alpha value is -1.71. The van der Waals surface area contributed by atoms with Crippen LogP contribution < -0.4 is 9.54 Å². The highest BCUT2D eigenvalue weighted by atomic mass is 32.2. The maximum Gasteiger partial charge on any atom is 0.252 e. The van der Waals surface area contributed by atoms with Gasteiger partial charge in [0.15, 0.2) is 4.80 Å². The van der Waals surface area contributed by atoms with E-state index in [1.54, 1.807) is 7.11 Å². The fraction of sp³-hybridized carbons (Fsp3) is 0.529. The standard InChI is InChI=1S/C17H23N3O4S2/c1-4-20-15-13(24-2)8-5-9-14(15)25-17(20)18-16(21)12-7-6-10-19(11-12)26(3,22)23/h5,8-9,12H,4,6-7,10-11H2,1-3H3. The van der Waals surface area contributed by atoms with Gasteiger partial charge in [-0.3, -0.25) is 4.79 Å². The molecule has 142 valence electrons. The molecule has 1 saturated heterocycles. The zero-order valence-electron chi connectivity index (χ0n) is 15.1. The van der Waals surface area contributed by atoms with Crippen LogP contribution in [-0.2, 0) is 21.4 Å². The molecule has 0 radical (unpaired) electrons. The van der Waals surface area contributed by atoms with Gasteiger partial charge in [0.25, 0.3) is 5.91 Å². The normalized spacial score (nSPS) is 19.8. The molecule has 2 aromatic rings. The van der Waals surface area contributed by atoms with E-state index < -0.39 is 15.9 Å². The van der Waals surface area contributed by atoms with E-state index in [9.17, 15) is 13.2 Å². The number of carbonyl (C=O) groups is 1. The Bertz CT molecular complexity index is 991. The monoisotopic (exact) mass is 397 g/mol. The molecule has 0 saturated carbocycles. The SMILES string of the molecule is CCn1c(=NC(=O)C2CCCN(S(C)(=O)=O)C2)sc2cccc(OC)c21. The smallest absolute Gasteiger partial charge is 0.252 e. The number of aryl methyl sites for hydroxylation is 1. The van der Waals surface area contributed by atoms with Gasteiger partial charge in [-0.2, -0.15) is 4.99 Å². The Morgan fingerprint density at radius 3 is 2.85 bits per heavy atom. The number of piperidine rings is 1. The fourth-order valence-electron chi connectivity index (χ4n) is 3.27. The molecule has 3 rings (SSSR count). The molecule has 9 heteroatoms. The number of benzene rings is 1. The first-order chi connectivity index (χ1) is 12.3. The molecule has 1 unspecified atom stereocenters. The van der Waals surface area contributed by atoms with Crippen molar-refractivity contribution >= 4 is 37.5 Å². The predicted octanol–water partition coefficient (Wildman–Crippen LogP) is 1.83. The van der Waals surface area contributed by atoms with Crippen LogP contribution in [0.4, 0.5) is 0 Å². The van der Waals surface area contributed by atoms with Crippen molar-refractivity contribution < 1.29 is 17.9 Å². The number of amides is 1. The lowest BCUT2D eigenvalue weighted by Crippen LogP contribution is -2.41. The molecule has 2 heterocycles. The average molecular weight is 398 g/mol. The zero-order chi connectivity index (χ0) is 18.9. The third-order valence-corrected chi connectivity index (χ3v) is 6.92. The number of thiazole rings is 1.